The lowest BCUT2D eigenvalue weighted by molar-refractivity contribution is -0.130. The van der Waals surface area contributed by atoms with E-state index in [-0.39, 0.29) is 5.91 Å². The van der Waals surface area contributed by atoms with Gasteiger partial charge in [-0.1, -0.05) is 12.5 Å². The highest BCUT2D eigenvalue weighted by Crippen LogP contribution is 2.03. The van der Waals surface area contributed by atoms with Crippen molar-refractivity contribution in [2.24, 2.45) is 0 Å². The SMILES string of the molecule is C=CCCCCCN(C)C(=O)CCCNC. The van der Waals surface area contributed by atoms with E-state index in [4.69, 9.17) is 0 Å². The number of carbonyl (C=O) groups is 1. The monoisotopic (exact) mass is 226 g/mol. The van der Waals surface area contributed by atoms with E-state index < -0.39 is 0 Å². The molecule has 0 fully saturated rings. The molecule has 0 aromatic rings. The highest BCUT2D eigenvalue weighted by atomic mass is 16.2. The third-order valence-electron chi connectivity index (χ3n) is 2.64. The zero-order valence-corrected chi connectivity index (χ0v) is 10.8. The predicted octanol–water partition coefficient (Wildman–Crippen LogP) is 2.19. The maximum Gasteiger partial charge on any atom is 0.222 e. The summed E-state index contributed by atoms with van der Waals surface area (Å²) in [5, 5.41) is 3.05. The van der Waals surface area contributed by atoms with Crippen molar-refractivity contribution in [1.29, 1.82) is 0 Å². The van der Waals surface area contributed by atoms with Crippen molar-refractivity contribution < 1.29 is 4.79 Å². The van der Waals surface area contributed by atoms with Gasteiger partial charge < -0.3 is 10.2 Å². The highest BCUT2D eigenvalue weighted by molar-refractivity contribution is 5.75. The molecule has 0 aliphatic heterocycles. The Labute approximate surface area is 99.9 Å². The minimum atomic E-state index is 0.263. The summed E-state index contributed by atoms with van der Waals surface area (Å²) in [5.41, 5.74) is 0. The quantitative estimate of drug-likeness (QED) is 0.457. The van der Waals surface area contributed by atoms with Crippen LogP contribution in [-0.2, 0) is 4.79 Å². The Bertz CT molecular complexity index is 192. The van der Waals surface area contributed by atoms with Crippen LogP contribution in [0.25, 0.3) is 0 Å². The molecule has 0 aromatic heterocycles. The lowest BCUT2D eigenvalue weighted by Gasteiger charge is -2.16. The number of unbranched alkanes of at least 4 members (excludes halogenated alkanes) is 3. The summed E-state index contributed by atoms with van der Waals surface area (Å²) < 4.78 is 0. The second kappa shape index (κ2) is 10.7. The van der Waals surface area contributed by atoms with Crippen LogP contribution in [0.5, 0.6) is 0 Å². The Morgan fingerprint density at radius 1 is 1.31 bits per heavy atom. The maximum atomic E-state index is 11.6. The van der Waals surface area contributed by atoms with Crippen LogP contribution in [0.1, 0.15) is 38.5 Å². The van der Waals surface area contributed by atoms with E-state index in [9.17, 15) is 4.79 Å². The molecule has 16 heavy (non-hydrogen) atoms. The number of rotatable bonds is 10. The molecule has 0 rings (SSSR count). The van der Waals surface area contributed by atoms with Crippen molar-refractivity contribution in [3.8, 4) is 0 Å². The van der Waals surface area contributed by atoms with Crippen molar-refractivity contribution in [3.63, 3.8) is 0 Å². The summed E-state index contributed by atoms with van der Waals surface area (Å²) in [6.45, 7) is 5.49. The summed E-state index contributed by atoms with van der Waals surface area (Å²) in [6.07, 6.45) is 8.08. The van der Waals surface area contributed by atoms with Crippen LogP contribution in [0, 0.1) is 0 Å². The van der Waals surface area contributed by atoms with E-state index in [2.05, 4.69) is 11.9 Å². The highest BCUT2D eigenvalue weighted by Gasteiger charge is 2.06. The second-order valence-electron chi connectivity index (χ2n) is 4.16. The number of nitrogens with zero attached hydrogens (tertiary/aromatic N) is 1. The number of nitrogens with one attached hydrogen (secondary N) is 1. The molecule has 0 bridgehead atoms. The fraction of sp³-hybridized carbons (Fsp3) is 0.769. The number of allylic oxidation sites excluding steroid dienone is 1. The van der Waals surface area contributed by atoms with Crippen molar-refractivity contribution in [3.05, 3.63) is 12.7 Å². The molecule has 94 valence electrons. The van der Waals surface area contributed by atoms with Crippen molar-refractivity contribution in [2.75, 3.05) is 27.2 Å². The van der Waals surface area contributed by atoms with Crippen LogP contribution in [0.15, 0.2) is 12.7 Å². The number of amides is 1. The van der Waals surface area contributed by atoms with Crippen LogP contribution < -0.4 is 5.32 Å². The minimum Gasteiger partial charge on any atom is -0.346 e. The molecule has 3 heteroatoms. The second-order valence-corrected chi connectivity index (χ2v) is 4.16. The largest absolute Gasteiger partial charge is 0.346 e. The minimum absolute atomic E-state index is 0.263. The summed E-state index contributed by atoms with van der Waals surface area (Å²) in [5.74, 6) is 0.263. The molecule has 0 spiro atoms. The zero-order chi connectivity index (χ0) is 12.2. The molecule has 0 heterocycles. The van der Waals surface area contributed by atoms with Crippen molar-refractivity contribution in [1.82, 2.24) is 10.2 Å². The van der Waals surface area contributed by atoms with Crippen LogP contribution >= 0.6 is 0 Å². The number of carbonyl (C=O) groups excluding carboxylic acids is 1. The Hall–Kier alpha value is -0.830. The van der Waals surface area contributed by atoms with Gasteiger partial charge in [0.05, 0.1) is 0 Å². The van der Waals surface area contributed by atoms with Gasteiger partial charge in [-0.15, -0.1) is 6.58 Å². The maximum absolute atomic E-state index is 11.6. The molecule has 0 atom stereocenters. The first kappa shape index (κ1) is 15.2. The summed E-state index contributed by atoms with van der Waals surface area (Å²) in [6, 6.07) is 0. The van der Waals surface area contributed by atoms with Crippen LogP contribution in [-0.4, -0.2) is 38.0 Å². The van der Waals surface area contributed by atoms with Gasteiger partial charge in [-0.25, -0.2) is 0 Å². The lowest BCUT2D eigenvalue weighted by Crippen LogP contribution is -2.28. The smallest absolute Gasteiger partial charge is 0.222 e. The van der Waals surface area contributed by atoms with Gasteiger partial charge in [0, 0.05) is 20.0 Å². The summed E-state index contributed by atoms with van der Waals surface area (Å²) in [7, 11) is 3.81. The normalized spacial score (nSPS) is 10.1. The lowest BCUT2D eigenvalue weighted by atomic mass is 10.2. The third kappa shape index (κ3) is 8.48. The van der Waals surface area contributed by atoms with E-state index in [1.54, 1.807) is 0 Å². The van der Waals surface area contributed by atoms with E-state index in [1.807, 2.05) is 25.1 Å². The Kier molecular flexibility index (Phi) is 10.1. The van der Waals surface area contributed by atoms with Crippen molar-refractivity contribution >= 4 is 5.91 Å². The Morgan fingerprint density at radius 3 is 2.69 bits per heavy atom. The van der Waals surface area contributed by atoms with Gasteiger partial charge in [-0.05, 0) is 39.3 Å². The molecule has 0 radical (unpaired) electrons. The topological polar surface area (TPSA) is 32.3 Å². The zero-order valence-electron chi connectivity index (χ0n) is 10.8. The Morgan fingerprint density at radius 2 is 2.06 bits per heavy atom. The molecule has 0 aliphatic carbocycles. The summed E-state index contributed by atoms with van der Waals surface area (Å²) >= 11 is 0. The average molecular weight is 226 g/mol. The first-order valence-corrected chi connectivity index (χ1v) is 6.21. The first-order chi connectivity index (χ1) is 7.72. The third-order valence-corrected chi connectivity index (χ3v) is 2.64. The molecule has 0 aromatic carbocycles. The van der Waals surface area contributed by atoms with Gasteiger partial charge in [0.2, 0.25) is 5.91 Å². The van der Waals surface area contributed by atoms with Crippen molar-refractivity contribution in [2.45, 2.75) is 38.5 Å². The van der Waals surface area contributed by atoms with Crippen LogP contribution in [0.3, 0.4) is 0 Å². The van der Waals surface area contributed by atoms with E-state index in [1.165, 1.54) is 12.8 Å². The van der Waals surface area contributed by atoms with Gasteiger partial charge in [0.25, 0.3) is 0 Å². The van der Waals surface area contributed by atoms with Gasteiger partial charge >= 0.3 is 0 Å². The Balaban J connectivity index is 3.43. The fourth-order valence-electron chi connectivity index (χ4n) is 1.55. The molecular weight excluding hydrogens is 200 g/mol. The predicted molar refractivity (Wildman–Crippen MR) is 69.5 cm³/mol. The van der Waals surface area contributed by atoms with Gasteiger partial charge in [-0.3, -0.25) is 4.79 Å². The van der Waals surface area contributed by atoms with Gasteiger partial charge in [0.1, 0.15) is 0 Å². The standard InChI is InChI=1S/C13H26N2O/c1-4-5-6-7-8-12-15(3)13(16)10-9-11-14-2/h4,14H,1,5-12H2,2-3H3. The summed E-state index contributed by atoms with van der Waals surface area (Å²) in [4.78, 5) is 13.5. The van der Waals surface area contributed by atoms with Crippen LogP contribution in [0.2, 0.25) is 0 Å². The fourth-order valence-corrected chi connectivity index (χ4v) is 1.55. The molecule has 3 nitrogen and oxygen atoms in total. The first-order valence-electron chi connectivity index (χ1n) is 6.21. The van der Waals surface area contributed by atoms with E-state index >= 15 is 0 Å². The molecular formula is C13H26N2O. The number of hydrogen-bond acceptors (Lipinski definition) is 2. The molecule has 0 saturated carbocycles. The van der Waals surface area contributed by atoms with E-state index in [0.717, 1.165) is 32.4 Å². The molecule has 1 N–H and O–H groups in total. The number of hydrogen-bond donors (Lipinski definition) is 1. The average Bonchev–Trinajstić information content (AvgIpc) is 2.28. The molecule has 0 saturated heterocycles. The van der Waals surface area contributed by atoms with E-state index in [0.29, 0.717) is 6.42 Å². The van der Waals surface area contributed by atoms with Gasteiger partial charge in [0.15, 0.2) is 0 Å². The van der Waals surface area contributed by atoms with Gasteiger partial charge in [-0.2, -0.15) is 0 Å². The van der Waals surface area contributed by atoms with Crippen LogP contribution in [0.4, 0.5) is 0 Å². The molecule has 0 aliphatic rings. The molecule has 0 unspecified atom stereocenters. The molecule has 1 amide bonds.